The van der Waals surface area contributed by atoms with E-state index in [2.05, 4.69) is 4.72 Å². The predicted octanol–water partition coefficient (Wildman–Crippen LogP) is 2.65. The Morgan fingerprint density at radius 2 is 1.80 bits per heavy atom. The molecular formula is C14H14FNO3S. The highest BCUT2D eigenvalue weighted by Gasteiger charge is 2.11. The first-order valence-corrected chi connectivity index (χ1v) is 7.64. The van der Waals surface area contributed by atoms with E-state index in [4.69, 9.17) is 4.74 Å². The van der Waals surface area contributed by atoms with E-state index >= 15 is 0 Å². The smallest absolute Gasteiger partial charge is 0.236 e. The molecule has 0 atom stereocenters. The lowest BCUT2D eigenvalue weighted by atomic mass is 10.3. The van der Waals surface area contributed by atoms with Crippen LogP contribution in [0.3, 0.4) is 0 Å². The molecule has 6 heteroatoms. The number of benzene rings is 2. The van der Waals surface area contributed by atoms with Gasteiger partial charge >= 0.3 is 0 Å². The standard InChI is InChI=1S/C14H14FNO3S/c15-12-5-4-6-13(11-12)16-20(17,18)10-9-19-14-7-2-1-3-8-14/h1-8,11,16H,9-10H2. The third-order valence-electron chi connectivity index (χ3n) is 2.46. The Balaban J connectivity index is 1.88. The Hall–Kier alpha value is -2.08. The van der Waals surface area contributed by atoms with Gasteiger partial charge in [0.1, 0.15) is 23.9 Å². The second-order valence-corrected chi connectivity index (χ2v) is 5.93. The second-order valence-electron chi connectivity index (χ2n) is 4.09. The first kappa shape index (κ1) is 14.3. The average molecular weight is 295 g/mol. The van der Waals surface area contributed by atoms with Crippen LogP contribution in [0.2, 0.25) is 0 Å². The Bertz CT molecular complexity index is 659. The van der Waals surface area contributed by atoms with Gasteiger partial charge in [-0.2, -0.15) is 0 Å². The number of rotatable bonds is 6. The summed E-state index contributed by atoms with van der Waals surface area (Å²) < 4.78 is 44.1. The fourth-order valence-electron chi connectivity index (χ4n) is 1.57. The summed E-state index contributed by atoms with van der Waals surface area (Å²) in [6.45, 7) is 0.0225. The van der Waals surface area contributed by atoms with E-state index in [9.17, 15) is 12.8 Å². The number of hydrogen-bond acceptors (Lipinski definition) is 3. The van der Waals surface area contributed by atoms with Crippen molar-refractivity contribution in [3.05, 3.63) is 60.4 Å². The van der Waals surface area contributed by atoms with Crippen LogP contribution in [0.1, 0.15) is 0 Å². The quantitative estimate of drug-likeness (QED) is 0.891. The van der Waals surface area contributed by atoms with Gasteiger partial charge in [-0.05, 0) is 30.3 Å². The van der Waals surface area contributed by atoms with Crippen LogP contribution in [0.5, 0.6) is 5.75 Å². The molecule has 20 heavy (non-hydrogen) atoms. The largest absolute Gasteiger partial charge is 0.492 e. The van der Waals surface area contributed by atoms with Crippen LogP contribution in [0.15, 0.2) is 54.6 Å². The molecule has 106 valence electrons. The van der Waals surface area contributed by atoms with Gasteiger partial charge in [-0.3, -0.25) is 4.72 Å². The molecule has 0 amide bonds. The molecule has 0 fully saturated rings. The lowest BCUT2D eigenvalue weighted by Gasteiger charge is -2.09. The molecule has 0 aromatic heterocycles. The van der Waals surface area contributed by atoms with Crippen molar-refractivity contribution in [1.29, 1.82) is 0 Å². The second kappa shape index (κ2) is 6.38. The molecule has 0 heterocycles. The highest BCUT2D eigenvalue weighted by atomic mass is 32.2. The van der Waals surface area contributed by atoms with Crippen molar-refractivity contribution in [2.45, 2.75) is 0 Å². The van der Waals surface area contributed by atoms with Crippen LogP contribution in [0.4, 0.5) is 10.1 Å². The number of nitrogens with one attached hydrogen (secondary N) is 1. The summed E-state index contributed by atoms with van der Waals surface area (Å²) in [5, 5.41) is 0. The summed E-state index contributed by atoms with van der Waals surface area (Å²) in [6, 6.07) is 14.2. The van der Waals surface area contributed by atoms with Gasteiger partial charge in [-0.25, -0.2) is 12.8 Å². The van der Waals surface area contributed by atoms with E-state index in [1.165, 1.54) is 18.2 Å². The fraction of sp³-hybridized carbons (Fsp3) is 0.143. The van der Waals surface area contributed by atoms with E-state index in [1.54, 1.807) is 24.3 Å². The molecule has 1 N–H and O–H groups in total. The van der Waals surface area contributed by atoms with E-state index in [1.807, 2.05) is 6.07 Å². The van der Waals surface area contributed by atoms with Crippen molar-refractivity contribution in [3.8, 4) is 5.75 Å². The molecule has 2 aromatic carbocycles. The van der Waals surface area contributed by atoms with Gasteiger partial charge in [-0.1, -0.05) is 24.3 Å². The van der Waals surface area contributed by atoms with E-state index < -0.39 is 15.8 Å². The fourth-order valence-corrected chi connectivity index (χ4v) is 2.46. The summed E-state index contributed by atoms with van der Waals surface area (Å²) in [4.78, 5) is 0. The zero-order valence-electron chi connectivity index (χ0n) is 10.6. The first-order valence-electron chi connectivity index (χ1n) is 5.99. The van der Waals surface area contributed by atoms with Gasteiger partial charge in [0.2, 0.25) is 10.0 Å². The van der Waals surface area contributed by atoms with Gasteiger partial charge in [0.15, 0.2) is 0 Å². The van der Waals surface area contributed by atoms with Gasteiger partial charge in [0.05, 0.1) is 5.69 Å². The summed E-state index contributed by atoms with van der Waals surface area (Å²) in [7, 11) is -3.56. The van der Waals surface area contributed by atoms with Crippen molar-refractivity contribution in [2.24, 2.45) is 0 Å². The molecule has 0 spiro atoms. The normalized spacial score (nSPS) is 11.1. The van der Waals surface area contributed by atoms with Crippen LogP contribution < -0.4 is 9.46 Å². The summed E-state index contributed by atoms with van der Waals surface area (Å²) >= 11 is 0. The molecule has 0 saturated carbocycles. The maximum Gasteiger partial charge on any atom is 0.236 e. The molecule has 0 radical (unpaired) electrons. The summed E-state index contributed by atoms with van der Waals surface area (Å²) in [5.74, 6) is -0.0996. The van der Waals surface area contributed by atoms with Crippen molar-refractivity contribution in [3.63, 3.8) is 0 Å². The predicted molar refractivity (Wildman–Crippen MR) is 75.7 cm³/mol. The maximum absolute atomic E-state index is 13.0. The third-order valence-corrected chi connectivity index (χ3v) is 3.71. The Morgan fingerprint density at radius 1 is 1.05 bits per heavy atom. The summed E-state index contributed by atoms with van der Waals surface area (Å²) in [5.41, 5.74) is 0.199. The number of hydrogen-bond donors (Lipinski definition) is 1. The number of ether oxygens (including phenoxy) is 1. The number of para-hydroxylation sites is 1. The van der Waals surface area contributed by atoms with E-state index in [0.29, 0.717) is 5.75 Å². The van der Waals surface area contributed by atoms with Crippen LogP contribution in [0.25, 0.3) is 0 Å². The minimum Gasteiger partial charge on any atom is -0.492 e. The molecule has 0 aliphatic heterocycles. The minimum absolute atomic E-state index is 0.0225. The lowest BCUT2D eigenvalue weighted by Crippen LogP contribution is -2.21. The van der Waals surface area contributed by atoms with Crippen LogP contribution in [0, 0.1) is 5.82 Å². The molecule has 2 aromatic rings. The highest BCUT2D eigenvalue weighted by Crippen LogP contribution is 2.12. The van der Waals surface area contributed by atoms with Crippen LogP contribution in [-0.4, -0.2) is 20.8 Å². The molecule has 0 aliphatic carbocycles. The van der Waals surface area contributed by atoms with Gasteiger partial charge in [0, 0.05) is 0 Å². The first-order chi connectivity index (χ1) is 9.55. The van der Waals surface area contributed by atoms with Gasteiger partial charge in [-0.15, -0.1) is 0 Å². The summed E-state index contributed by atoms with van der Waals surface area (Å²) in [6.07, 6.45) is 0. The zero-order valence-corrected chi connectivity index (χ0v) is 11.4. The van der Waals surface area contributed by atoms with Crippen molar-refractivity contribution in [2.75, 3.05) is 17.1 Å². The van der Waals surface area contributed by atoms with Crippen molar-refractivity contribution < 1.29 is 17.5 Å². The minimum atomic E-state index is -3.56. The number of halogens is 1. The molecule has 0 bridgehead atoms. The monoisotopic (exact) mass is 295 g/mol. The molecule has 0 unspecified atom stereocenters. The topological polar surface area (TPSA) is 55.4 Å². The Kier molecular flexibility index (Phi) is 4.57. The Morgan fingerprint density at radius 3 is 2.50 bits per heavy atom. The molecule has 0 saturated heterocycles. The van der Waals surface area contributed by atoms with Crippen LogP contribution >= 0.6 is 0 Å². The van der Waals surface area contributed by atoms with Crippen molar-refractivity contribution >= 4 is 15.7 Å². The molecule has 0 aliphatic rings. The average Bonchev–Trinajstić information content (AvgIpc) is 2.39. The van der Waals surface area contributed by atoms with Gasteiger partial charge < -0.3 is 4.74 Å². The zero-order chi connectivity index (χ0) is 14.4. The number of sulfonamides is 1. The van der Waals surface area contributed by atoms with E-state index in [-0.39, 0.29) is 18.0 Å². The third kappa shape index (κ3) is 4.55. The highest BCUT2D eigenvalue weighted by molar-refractivity contribution is 7.92. The Labute approximate surface area is 117 Å². The SMILES string of the molecule is O=S(=O)(CCOc1ccccc1)Nc1cccc(F)c1. The molecule has 2 rings (SSSR count). The van der Waals surface area contributed by atoms with Crippen molar-refractivity contribution in [1.82, 2.24) is 0 Å². The van der Waals surface area contributed by atoms with E-state index in [0.717, 1.165) is 6.07 Å². The maximum atomic E-state index is 13.0. The molecular weight excluding hydrogens is 281 g/mol. The number of anilines is 1. The van der Waals surface area contributed by atoms with Crippen LogP contribution in [-0.2, 0) is 10.0 Å². The lowest BCUT2D eigenvalue weighted by molar-refractivity contribution is 0.341. The van der Waals surface area contributed by atoms with Gasteiger partial charge in [0.25, 0.3) is 0 Å². The molecule has 4 nitrogen and oxygen atoms in total.